The van der Waals surface area contributed by atoms with Crippen LogP contribution in [0.2, 0.25) is 0 Å². The van der Waals surface area contributed by atoms with Crippen LogP contribution >= 0.6 is 15.9 Å². The van der Waals surface area contributed by atoms with Gasteiger partial charge in [-0.25, -0.2) is 8.42 Å². The average molecular weight is 456 g/mol. The highest BCUT2D eigenvalue weighted by Gasteiger charge is 2.35. The molecule has 2 aromatic rings. The molecule has 0 saturated carbocycles. The Morgan fingerprint density at radius 1 is 1.26 bits per heavy atom. The number of benzene rings is 1. The zero-order valence-corrected chi connectivity index (χ0v) is 17.7. The molecule has 146 valence electrons. The van der Waals surface area contributed by atoms with E-state index >= 15 is 0 Å². The minimum atomic E-state index is -3.11. The molecule has 0 N–H and O–H groups in total. The Hall–Kier alpha value is -1.80. The molecule has 1 aliphatic rings. The quantitative estimate of drug-likeness (QED) is 0.667. The summed E-state index contributed by atoms with van der Waals surface area (Å²) in [6, 6.07) is 8.79. The highest BCUT2D eigenvalue weighted by Crippen LogP contribution is 2.23. The van der Waals surface area contributed by atoms with Crippen LogP contribution in [0, 0.1) is 13.8 Å². The number of aryl methyl sites for hydroxylation is 2. The number of nitrogens with zero attached hydrogens (tertiary/aromatic N) is 1. The first-order chi connectivity index (χ1) is 12.7. The number of halogens is 1. The van der Waals surface area contributed by atoms with Gasteiger partial charge in [-0.1, -0.05) is 6.07 Å². The Labute approximate surface area is 167 Å². The maximum absolute atomic E-state index is 12.8. The highest BCUT2D eigenvalue weighted by atomic mass is 79.9. The van der Waals surface area contributed by atoms with Gasteiger partial charge in [-0.15, -0.1) is 0 Å². The van der Waals surface area contributed by atoms with Crippen molar-refractivity contribution in [3.63, 3.8) is 0 Å². The van der Waals surface area contributed by atoms with Crippen molar-refractivity contribution in [1.82, 2.24) is 4.90 Å². The fourth-order valence-electron chi connectivity index (χ4n) is 3.08. The van der Waals surface area contributed by atoms with Gasteiger partial charge in [-0.05, 0) is 71.6 Å². The first-order valence-corrected chi connectivity index (χ1v) is 11.3. The van der Waals surface area contributed by atoms with Crippen LogP contribution in [0.15, 0.2) is 39.4 Å². The average Bonchev–Trinajstić information content (AvgIpc) is 3.18. The standard InChI is InChI=1S/C19H22BrNO5S/c1-13-3-4-16(9-14(13)2)25-11-19(22)21(10-17-5-6-18(20)26-17)15-7-8-27(23,24)12-15/h3-6,9,15H,7-8,10-12H2,1-2H3/t15-/m1/s1. The number of carbonyl (C=O) groups is 1. The number of hydrogen-bond acceptors (Lipinski definition) is 5. The van der Waals surface area contributed by atoms with Crippen molar-refractivity contribution in [2.45, 2.75) is 32.9 Å². The molecular formula is C19H22BrNO5S. The third-order valence-electron chi connectivity index (χ3n) is 4.77. The van der Waals surface area contributed by atoms with E-state index in [0.717, 1.165) is 11.1 Å². The van der Waals surface area contributed by atoms with Gasteiger partial charge in [-0.3, -0.25) is 4.79 Å². The van der Waals surface area contributed by atoms with Crippen LogP contribution in [-0.4, -0.2) is 43.4 Å². The predicted molar refractivity (Wildman–Crippen MR) is 105 cm³/mol. The minimum absolute atomic E-state index is 0.0236. The molecule has 8 heteroatoms. The van der Waals surface area contributed by atoms with E-state index < -0.39 is 9.84 Å². The molecule has 0 spiro atoms. The van der Waals surface area contributed by atoms with Crippen molar-refractivity contribution in [3.05, 3.63) is 51.9 Å². The third kappa shape index (κ3) is 5.13. The topological polar surface area (TPSA) is 76.8 Å². The van der Waals surface area contributed by atoms with Crippen LogP contribution in [0.5, 0.6) is 5.75 Å². The molecule has 1 amide bonds. The monoisotopic (exact) mass is 455 g/mol. The number of rotatable bonds is 6. The lowest BCUT2D eigenvalue weighted by Crippen LogP contribution is -2.43. The first kappa shape index (κ1) is 19.9. The van der Waals surface area contributed by atoms with Gasteiger partial charge in [0.2, 0.25) is 0 Å². The summed E-state index contributed by atoms with van der Waals surface area (Å²) < 4.78 is 35.5. The minimum Gasteiger partial charge on any atom is -0.484 e. The van der Waals surface area contributed by atoms with Crippen LogP contribution in [0.4, 0.5) is 0 Å². The second-order valence-electron chi connectivity index (χ2n) is 6.82. The predicted octanol–water partition coefficient (Wildman–Crippen LogP) is 3.25. The van der Waals surface area contributed by atoms with Crippen LogP contribution in [0.1, 0.15) is 23.3 Å². The van der Waals surface area contributed by atoms with Gasteiger partial charge in [0.1, 0.15) is 11.5 Å². The zero-order valence-electron chi connectivity index (χ0n) is 15.3. The summed E-state index contributed by atoms with van der Waals surface area (Å²) in [6.07, 6.45) is 0.430. The number of sulfone groups is 1. The van der Waals surface area contributed by atoms with Gasteiger partial charge in [-0.2, -0.15) is 0 Å². The van der Waals surface area contributed by atoms with E-state index in [1.807, 2.05) is 32.0 Å². The van der Waals surface area contributed by atoms with Crippen LogP contribution < -0.4 is 4.74 Å². The lowest BCUT2D eigenvalue weighted by Gasteiger charge is -2.27. The lowest BCUT2D eigenvalue weighted by molar-refractivity contribution is -0.136. The zero-order chi connectivity index (χ0) is 19.6. The fraction of sp³-hybridized carbons (Fsp3) is 0.421. The molecule has 0 bridgehead atoms. The van der Waals surface area contributed by atoms with E-state index in [2.05, 4.69) is 15.9 Å². The van der Waals surface area contributed by atoms with Crippen molar-refractivity contribution in [2.75, 3.05) is 18.1 Å². The smallest absolute Gasteiger partial charge is 0.261 e. The normalized spacial score (nSPS) is 18.4. The van der Waals surface area contributed by atoms with E-state index in [0.29, 0.717) is 22.6 Å². The van der Waals surface area contributed by atoms with E-state index in [1.54, 1.807) is 17.0 Å². The van der Waals surface area contributed by atoms with Gasteiger partial charge in [0.05, 0.1) is 18.1 Å². The molecular weight excluding hydrogens is 434 g/mol. The highest BCUT2D eigenvalue weighted by molar-refractivity contribution is 9.10. The van der Waals surface area contributed by atoms with Crippen molar-refractivity contribution < 1.29 is 22.4 Å². The summed E-state index contributed by atoms with van der Waals surface area (Å²) in [4.78, 5) is 14.4. The van der Waals surface area contributed by atoms with Crippen molar-refractivity contribution >= 4 is 31.7 Å². The molecule has 0 unspecified atom stereocenters. The number of hydrogen-bond donors (Lipinski definition) is 0. The second-order valence-corrected chi connectivity index (χ2v) is 9.83. The third-order valence-corrected chi connectivity index (χ3v) is 6.94. The van der Waals surface area contributed by atoms with Crippen molar-refractivity contribution in [1.29, 1.82) is 0 Å². The number of carbonyl (C=O) groups excluding carboxylic acids is 1. The maximum atomic E-state index is 12.8. The molecule has 1 aliphatic heterocycles. The Morgan fingerprint density at radius 2 is 2.04 bits per heavy atom. The molecule has 0 aliphatic carbocycles. The van der Waals surface area contributed by atoms with Crippen LogP contribution in [-0.2, 0) is 21.2 Å². The van der Waals surface area contributed by atoms with Crippen molar-refractivity contribution in [3.8, 4) is 5.75 Å². The summed E-state index contributed by atoms with van der Waals surface area (Å²) >= 11 is 3.24. The molecule has 6 nitrogen and oxygen atoms in total. The number of amides is 1. The second kappa shape index (κ2) is 8.06. The summed E-state index contributed by atoms with van der Waals surface area (Å²) in [5, 5.41) is 0. The van der Waals surface area contributed by atoms with Crippen molar-refractivity contribution in [2.24, 2.45) is 0 Å². The van der Waals surface area contributed by atoms with Gasteiger partial charge in [0.15, 0.2) is 21.1 Å². The summed E-state index contributed by atoms with van der Waals surface area (Å²) in [5.41, 5.74) is 2.23. The number of furan rings is 1. The van der Waals surface area contributed by atoms with Gasteiger partial charge < -0.3 is 14.1 Å². The van der Waals surface area contributed by atoms with Gasteiger partial charge in [0, 0.05) is 6.04 Å². The number of ether oxygens (including phenoxy) is 1. The fourth-order valence-corrected chi connectivity index (χ4v) is 5.15. The Kier molecular flexibility index (Phi) is 5.95. The summed E-state index contributed by atoms with van der Waals surface area (Å²) in [7, 11) is -3.11. The summed E-state index contributed by atoms with van der Waals surface area (Å²) in [5.74, 6) is 1.02. The van der Waals surface area contributed by atoms with E-state index in [4.69, 9.17) is 9.15 Å². The van der Waals surface area contributed by atoms with Gasteiger partial charge >= 0.3 is 0 Å². The lowest BCUT2D eigenvalue weighted by atomic mass is 10.1. The van der Waals surface area contributed by atoms with E-state index in [-0.39, 0.29) is 36.6 Å². The summed E-state index contributed by atoms with van der Waals surface area (Å²) in [6.45, 7) is 4.05. The molecule has 0 radical (unpaired) electrons. The molecule has 2 heterocycles. The Bertz CT molecular complexity index is 937. The van der Waals surface area contributed by atoms with E-state index in [1.165, 1.54) is 0 Å². The molecule has 1 aromatic carbocycles. The first-order valence-electron chi connectivity index (χ1n) is 8.68. The Morgan fingerprint density at radius 3 is 2.63 bits per heavy atom. The van der Waals surface area contributed by atoms with Crippen LogP contribution in [0.3, 0.4) is 0 Å². The molecule has 27 heavy (non-hydrogen) atoms. The van der Waals surface area contributed by atoms with Gasteiger partial charge in [0.25, 0.3) is 5.91 Å². The Balaban J connectivity index is 1.72. The maximum Gasteiger partial charge on any atom is 0.261 e. The largest absolute Gasteiger partial charge is 0.484 e. The molecule has 1 atom stereocenters. The molecule has 3 rings (SSSR count). The van der Waals surface area contributed by atoms with E-state index in [9.17, 15) is 13.2 Å². The SMILES string of the molecule is Cc1ccc(OCC(=O)N(Cc2ccc(Br)o2)[C@@H]2CCS(=O)(=O)C2)cc1C. The van der Waals surface area contributed by atoms with Crippen LogP contribution in [0.25, 0.3) is 0 Å². The molecule has 1 aromatic heterocycles. The molecule has 1 saturated heterocycles. The molecule has 1 fully saturated rings.